The summed E-state index contributed by atoms with van der Waals surface area (Å²) in [4.78, 5) is 0. The van der Waals surface area contributed by atoms with Crippen molar-refractivity contribution in [1.29, 1.82) is 0 Å². The van der Waals surface area contributed by atoms with Crippen LogP contribution in [0.1, 0.15) is 5.56 Å². The second-order valence-electron chi connectivity index (χ2n) is 6.38. The molecule has 27 heavy (non-hydrogen) atoms. The van der Waals surface area contributed by atoms with Gasteiger partial charge in [0, 0.05) is 6.42 Å². The summed E-state index contributed by atoms with van der Waals surface area (Å²) in [6, 6.07) is 7.38. The summed E-state index contributed by atoms with van der Waals surface area (Å²) in [6.45, 7) is 0.698. The maximum absolute atomic E-state index is 13.4. The van der Waals surface area contributed by atoms with Gasteiger partial charge in [-0.3, -0.25) is 0 Å². The van der Waals surface area contributed by atoms with Crippen molar-refractivity contribution in [2.24, 2.45) is 0 Å². The van der Waals surface area contributed by atoms with Gasteiger partial charge in [-0.05, 0) is 34.9 Å². The van der Waals surface area contributed by atoms with Crippen molar-refractivity contribution in [1.82, 2.24) is 0 Å². The van der Waals surface area contributed by atoms with Crippen LogP contribution in [0.25, 0.3) is 22.0 Å². The van der Waals surface area contributed by atoms with Gasteiger partial charge in [0.05, 0.1) is 39.4 Å². The lowest BCUT2D eigenvalue weighted by atomic mass is 9.94. The van der Waals surface area contributed by atoms with Crippen molar-refractivity contribution in [3.63, 3.8) is 0 Å². The molecule has 0 N–H and O–H groups in total. The summed E-state index contributed by atoms with van der Waals surface area (Å²) < 4.78 is 23.7. The number of pyridine rings is 1. The van der Waals surface area contributed by atoms with Crippen LogP contribution in [0.3, 0.4) is 0 Å². The molecule has 3 aromatic rings. The third-order valence-corrected chi connectivity index (χ3v) is 5.10. The van der Waals surface area contributed by atoms with Gasteiger partial charge in [0.15, 0.2) is 35.7 Å². The molecular formula is C21H21NO5. The minimum atomic E-state index is -0.0402. The van der Waals surface area contributed by atoms with Crippen LogP contribution in [0, 0.1) is 0 Å². The molecule has 140 valence electrons. The molecule has 0 saturated carbocycles. The van der Waals surface area contributed by atoms with Gasteiger partial charge in [-0.1, -0.05) is 6.07 Å². The predicted octanol–water partition coefficient (Wildman–Crippen LogP) is 2.46. The van der Waals surface area contributed by atoms with Crippen molar-refractivity contribution in [3.05, 3.63) is 36.0 Å². The van der Waals surface area contributed by atoms with Gasteiger partial charge in [0.25, 0.3) is 0 Å². The smallest absolute Gasteiger partial charge is 0.205 e. The average molecular weight is 367 g/mol. The molecule has 6 nitrogen and oxygen atoms in total. The lowest BCUT2D eigenvalue weighted by Gasteiger charge is -2.23. The van der Waals surface area contributed by atoms with E-state index in [1.165, 1.54) is 0 Å². The van der Waals surface area contributed by atoms with E-state index in [0.717, 1.165) is 22.9 Å². The highest BCUT2D eigenvalue weighted by atomic mass is 16.5. The first-order chi connectivity index (χ1) is 13.1. The second kappa shape index (κ2) is 6.54. The summed E-state index contributed by atoms with van der Waals surface area (Å²) in [7, 11) is 6.38. The summed E-state index contributed by atoms with van der Waals surface area (Å²) in [6.07, 6.45) is 2.76. The van der Waals surface area contributed by atoms with E-state index in [-0.39, 0.29) is 5.75 Å². The highest BCUT2D eigenvalue weighted by molar-refractivity contribution is 5.96. The first-order valence-electron chi connectivity index (χ1n) is 8.66. The van der Waals surface area contributed by atoms with E-state index in [1.54, 1.807) is 40.6 Å². The zero-order valence-corrected chi connectivity index (χ0v) is 15.8. The molecule has 0 saturated heterocycles. The van der Waals surface area contributed by atoms with E-state index < -0.39 is 0 Å². The Morgan fingerprint density at radius 3 is 2.22 bits per heavy atom. The number of nitrogens with zero attached hydrogens (tertiary/aromatic N) is 1. The molecule has 0 spiro atoms. The number of ether oxygens (including phenoxy) is 4. The van der Waals surface area contributed by atoms with E-state index in [1.807, 2.05) is 22.9 Å². The number of methoxy groups -OCH3 is 4. The molecule has 1 aromatic heterocycles. The normalized spacial score (nSPS) is 12.3. The number of aryl methyl sites for hydroxylation is 2. The fourth-order valence-electron chi connectivity index (χ4n) is 3.80. The lowest BCUT2D eigenvalue weighted by molar-refractivity contribution is -0.688. The van der Waals surface area contributed by atoms with Crippen molar-refractivity contribution < 1.29 is 28.6 Å². The Morgan fingerprint density at radius 1 is 0.852 bits per heavy atom. The number of fused-ring (bicyclic) bond motifs is 4. The maximum Gasteiger partial charge on any atom is 0.205 e. The minimum Gasteiger partial charge on any atom is -0.868 e. The fourth-order valence-corrected chi connectivity index (χ4v) is 3.80. The molecule has 0 radical (unpaired) electrons. The Labute approximate surface area is 157 Å². The van der Waals surface area contributed by atoms with E-state index in [4.69, 9.17) is 18.9 Å². The fraction of sp³-hybridized carbons (Fsp3) is 0.286. The van der Waals surface area contributed by atoms with Gasteiger partial charge >= 0.3 is 0 Å². The minimum absolute atomic E-state index is 0.0402. The van der Waals surface area contributed by atoms with Gasteiger partial charge in [-0.15, -0.1) is 0 Å². The van der Waals surface area contributed by atoms with Crippen molar-refractivity contribution in [2.75, 3.05) is 28.4 Å². The van der Waals surface area contributed by atoms with Crippen LogP contribution in [-0.2, 0) is 13.0 Å². The van der Waals surface area contributed by atoms with Crippen LogP contribution in [0.4, 0.5) is 0 Å². The third kappa shape index (κ3) is 2.51. The molecule has 6 heteroatoms. The Kier molecular flexibility index (Phi) is 4.18. The van der Waals surface area contributed by atoms with Gasteiger partial charge < -0.3 is 24.1 Å². The molecule has 1 aliphatic rings. The first kappa shape index (κ1) is 17.3. The largest absolute Gasteiger partial charge is 0.868 e. The van der Waals surface area contributed by atoms with E-state index in [0.29, 0.717) is 40.6 Å². The van der Waals surface area contributed by atoms with Crippen molar-refractivity contribution >= 4 is 10.8 Å². The number of aromatic nitrogens is 1. The predicted molar refractivity (Wildman–Crippen MR) is 98.9 cm³/mol. The number of hydrogen-bond donors (Lipinski definition) is 0. The molecule has 4 rings (SSSR count). The highest BCUT2D eigenvalue weighted by Crippen LogP contribution is 2.43. The topological polar surface area (TPSA) is 63.9 Å². The van der Waals surface area contributed by atoms with Crippen molar-refractivity contribution in [2.45, 2.75) is 13.0 Å². The number of rotatable bonds is 4. The van der Waals surface area contributed by atoms with Crippen LogP contribution in [0.5, 0.6) is 28.7 Å². The molecule has 1 aliphatic heterocycles. The summed E-state index contributed by atoms with van der Waals surface area (Å²) in [5.41, 5.74) is 2.60. The van der Waals surface area contributed by atoms with Gasteiger partial charge in [0.1, 0.15) is 0 Å². The van der Waals surface area contributed by atoms with E-state index in [2.05, 4.69) is 0 Å². The molecule has 0 atom stereocenters. The monoisotopic (exact) mass is 367 g/mol. The van der Waals surface area contributed by atoms with E-state index >= 15 is 0 Å². The molecule has 0 unspecified atom stereocenters. The highest BCUT2D eigenvalue weighted by Gasteiger charge is 2.28. The molecular weight excluding hydrogens is 346 g/mol. The van der Waals surface area contributed by atoms with Crippen LogP contribution >= 0.6 is 0 Å². The standard InChI is InChI=1S/C21H21NO5/c1-24-16-6-5-13-15(21(16)27-4)11-22-8-7-12-9-17(25-2)18(26-3)10-14(12)19(22)20(13)23/h5-6,9-11H,7-8H2,1-4H3. The summed E-state index contributed by atoms with van der Waals surface area (Å²) >= 11 is 0. The van der Waals surface area contributed by atoms with Crippen LogP contribution in [0.15, 0.2) is 30.5 Å². The zero-order chi connectivity index (χ0) is 19.1. The lowest BCUT2D eigenvalue weighted by Crippen LogP contribution is -2.41. The first-order valence-corrected chi connectivity index (χ1v) is 8.66. The third-order valence-electron chi connectivity index (χ3n) is 5.10. The maximum atomic E-state index is 13.4. The second-order valence-corrected chi connectivity index (χ2v) is 6.38. The zero-order valence-electron chi connectivity index (χ0n) is 15.8. The van der Waals surface area contributed by atoms with Gasteiger partial charge in [-0.2, -0.15) is 4.57 Å². The summed E-state index contributed by atoms with van der Waals surface area (Å²) in [5, 5.41) is 14.7. The quantitative estimate of drug-likeness (QED) is 0.663. The van der Waals surface area contributed by atoms with Crippen LogP contribution < -0.4 is 28.6 Å². The average Bonchev–Trinajstić information content (AvgIpc) is 2.71. The SMILES string of the molecule is COc1cc2c(cc1OC)-c1c([O-])c3ccc(OC)c(OC)c3c[n+]1CC2. The Morgan fingerprint density at radius 2 is 1.56 bits per heavy atom. The number of benzene rings is 2. The molecule has 0 aliphatic carbocycles. The molecule has 2 aromatic carbocycles. The molecule has 0 bridgehead atoms. The van der Waals surface area contributed by atoms with Crippen LogP contribution in [-0.4, -0.2) is 28.4 Å². The van der Waals surface area contributed by atoms with Crippen LogP contribution in [0.2, 0.25) is 0 Å². The summed E-state index contributed by atoms with van der Waals surface area (Å²) in [5.74, 6) is 2.41. The molecule has 2 heterocycles. The van der Waals surface area contributed by atoms with Gasteiger partial charge in [-0.25, -0.2) is 0 Å². The van der Waals surface area contributed by atoms with Gasteiger partial charge in [0.2, 0.25) is 5.69 Å². The van der Waals surface area contributed by atoms with E-state index in [9.17, 15) is 5.11 Å². The van der Waals surface area contributed by atoms with Crippen molar-refractivity contribution in [3.8, 4) is 40.0 Å². The molecule has 0 fully saturated rings. The molecule has 0 amide bonds. The number of hydrogen-bond acceptors (Lipinski definition) is 5. The Bertz CT molecular complexity index is 1040. The Hall–Kier alpha value is -3.15. The Balaban J connectivity index is 2.03.